The van der Waals surface area contributed by atoms with Gasteiger partial charge in [0.05, 0.1) is 0 Å². The van der Waals surface area contributed by atoms with Crippen molar-refractivity contribution in [3.8, 4) is 11.1 Å². The Labute approximate surface area is 195 Å². The van der Waals surface area contributed by atoms with Crippen LogP contribution in [0.5, 0.6) is 0 Å². The van der Waals surface area contributed by atoms with Crippen molar-refractivity contribution in [1.29, 1.82) is 0 Å². The summed E-state index contributed by atoms with van der Waals surface area (Å²) < 4.78 is 0. The molecule has 31 heavy (non-hydrogen) atoms. The second-order valence-electron chi connectivity index (χ2n) is 12.2. The van der Waals surface area contributed by atoms with Gasteiger partial charge in [0, 0.05) is 0 Å². The molecule has 0 spiro atoms. The minimum atomic E-state index is -0.387. The minimum absolute atomic E-state index is 0.238. The normalized spacial score (nSPS) is 13.2. The standard InChI is InChI=1S/C30H47P/c1-19(2)23-17-25(20(3)4)27(26(18-23)21(5)6)24-16-14-15-22(7)28(24)31(29(8,9)10)30(11,12)13/h14-21H,1-13H3. The van der Waals surface area contributed by atoms with Gasteiger partial charge in [0.15, 0.2) is 0 Å². The van der Waals surface area contributed by atoms with Crippen LogP contribution in [0.2, 0.25) is 0 Å². The van der Waals surface area contributed by atoms with Crippen molar-refractivity contribution in [1.82, 2.24) is 0 Å². The average molecular weight is 439 g/mol. The molecular formula is C30H47P. The second-order valence-corrected chi connectivity index (χ2v) is 16.0. The Morgan fingerprint density at radius 2 is 1.13 bits per heavy atom. The molecule has 0 fully saturated rings. The number of benzene rings is 2. The van der Waals surface area contributed by atoms with E-state index in [1.807, 2.05) is 0 Å². The molecule has 2 aromatic rings. The molecule has 0 atom stereocenters. The van der Waals surface area contributed by atoms with Crippen LogP contribution in [-0.4, -0.2) is 10.3 Å². The minimum Gasteiger partial charge on any atom is -0.0633 e. The summed E-state index contributed by atoms with van der Waals surface area (Å²) in [6, 6.07) is 12.0. The number of hydrogen-bond donors (Lipinski definition) is 0. The van der Waals surface area contributed by atoms with E-state index in [0.717, 1.165) is 0 Å². The molecule has 0 saturated carbocycles. The Kier molecular flexibility index (Phi) is 7.91. The zero-order valence-electron chi connectivity index (χ0n) is 22.6. The molecule has 0 radical (unpaired) electrons. The van der Waals surface area contributed by atoms with Gasteiger partial charge in [-0.05, 0) is 73.7 Å². The van der Waals surface area contributed by atoms with Gasteiger partial charge in [-0.25, -0.2) is 0 Å². The van der Waals surface area contributed by atoms with E-state index in [4.69, 9.17) is 0 Å². The molecule has 0 N–H and O–H groups in total. The lowest BCUT2D eigenvalue weighted by atomic mass is 9.81. The summed E-state index contributed by atoms with van der Waals surface area (Å²) >= 11 is 0. The molecule has 0 nitrogen and oxygen atoms in total. The van der Waals surface area contributed by atoms with Crippen molar-refractivity contribution in [2.75, 3.05) is 0 Å². The molecule has 2 aromatic carbocycles. The third-order valence-corrected chi connectivity index (χ3v) is 9.93. The summed E-state index contributed by atoms with van der Waals surface area (Å²) in [5.41, 5.74) is 8.94. The van der Waals surface area contributed by atoms with Gasteiger partial charge in [-0.15, -0.1) is 0 Å². The first-order valence-electron chi connectivity index (χ1n) is 12.1. The van der Waals surface area contributed by atoms with Gasteiger partial charge >= 0.3 is 0 Å². The highest BCUT2D eigenvalue weighted by Crippen LogP contribution is 2.60. The van der Waals surface area contributed by atoms with Crippen LogP contribution in [0.15, 0.2) is 30.3 Å². The first-order valence-corrected chi connectivity index (χ1v) is 13.5. The first-order chi connectivity index (χ1) is 14.1. The predicted molar refractivity (Wildman–Crippen MR) is 145 cm³/mol. The Bertz CT molecular complexity index is 858. The zero-order chi connectivity index (χ0) is 23.9. The molecule has 0 unspecified atom stereocenters. The highest BCUT2D eigenvalue weighted by Gasteiger charge is 2.38. The Hall–Kier alpha value is -1.13. The van der Waals surface area contributed by atoms with E-state index in [-0.39, 0.29) is 18.2 Å². The van der Waals surface area contributed by atoms with Gasteiger partial charge in [0.2, 0.25) is 0 Å². The summed E-state index contributed by atoms with van der Waals surface area (Å²) in [4.78, 5) is 0. The van der Waals surface area contributed by atoms with Gasteiger partial charge in [-0.3, -0.25) is 0 Å². The molecule has 0 aliphatic carbocycles. The Balaban J connectivity index is 3.04. The summed E-state index contributed by atoms with van der Waals surface area (Å²) in [5, 5.41) is 2.09. The monoisotopic (exact) mass is 438 g/mol. The fourth-order valence-electron chi connectivity index (χ4n) is 5.10. The van der Waals surface area contributed by atoms with Gasteiger partial charge < -0.3 is 0 Å². The summed E-state index contributed by atoms with van der Waals surface area (Å²) in [7, 11) is -0.387. The van der Waals surface area contributed by atoms with Crippen molar-refractivity contribution in [3.63, 3.8) is 0 Å². The fourth-order valence-corrected chi connectivity index (χ4v) is 9.31. The van der Waals surface area contributed by atoms with Crippen LogP contribution in [0, 0.1) is 6.92 Å². The van der Waals surface area contributed by atoms with Crippen molar-refractivity contribution in [3.05, 3.63) is 52.6 Å². The molecule has 0 saturated heterocycles. The SMILES string of the molecule is Cc1cccc(-c2c(C(C)C)cc(C(C)C)cc2C(C)C)c1P(C(C)(C)C)C(C)(C)C. The van der Waals surface area contributed by atoms with E-state index >= 15 is 0 Å². The molecule has 172 valence electrons. The van der Waals surface area contributed by atoms with Crippen LogP contribution in [0.1, 0.15) is 123 Å². The highest BCUT2D eigenvalue weighted by molar-refractivity contribution is 7.69. The van der Waals surface area contributed by atoms with Gasteiger partial charge in [0.1, 0.15) is 0 Å². The van der Waals surface area contributed by atoms with E-state index in [9.17, 15) is 0 Å². The maximum atomic E-state index is 2.50. The summed E-state index contributed by atoms with van der Waals surface area (Å²) in [5.74, 6) is 1.53. The molecule has 2 rings (SSSR count). The molecule has 0 amide bonds. The lowest BCUT2D eigenvalue weighted by Crippen LogP contribution is -2.33. The van der Waals surface area contributed by atoms with E-state index in [0.29, 0.717) is 17.8 Å². The highest BCUT2D eigenvalue weighted by atomic mass is 31.1. The molecule has 0 bridgehead atoms. The fraction of sp³-hybridized carbons (Fsp3) is 0.600. The van der Waals surface area contributed by atoms with Crippen LogP contribution in [0.4, 0.5) is 0 Å². The second kappa shape index (κ2) is 9.39. The van der Waals surface area contributed by atoms with Crippen LogP contribution in [0.3, 0.4) is 0 Å². The first kappa shape index (κ1) is 26.1. The number of hydrogen-bond acceptors (Lipinski definition) is 0. The zero-order valence-corrected chi connectivity index (χ0v) is 23.5. The maximum absolute atomic E-state index is 2.50. The van der Waals surface area contributed by atoms with Gasteiger partial charge in [-0.1, -0.05) is 121 Å². The lowest BCUT2D eigenvalue weighted by molar-refractivity contribution is 0.714. The predicted octanol–water partition coefficient (Wildman–Crippen LogP) is 9.74. The van der Waals surface area contributed by atoms with Crippen LogP contribution in [-0.2, 0) is 0 Å². The topological polar surface area (TPSA) is 0 Å². The van der Waals surface area contributed by atoms with Gasteiger partial charge in [0.25, 0.3) is 0 Å². The Morgan fingerprint density at radius 3 is 1.48 bits per heavy atom. The molecule has 0 aromatic heterocycles. The van der Waals surface area contributed by atoms with Crippen molar-refractivity contribution < 1.29 is 0 Å². The van der Waals surface area contributed by atoms with E-state index in [1.165, 1.54) is 33.4 Å². The molecule has 1 heteroatoms. The van der Waals surface area contributed by atoms with Crippen LogP contribution >= 0.6 is 7.92 Å². The van der Waals surface area contributed by atoms with Crippen LogP contribution in [0.25, 0.3) is 11.1 Å². The smallest absolute Gasteiger partial charge is 0.00982 e. The van der Waals surface area contributed by atoms with Crippen molar-refractivity contribution in [2.24, 2.45) is 0 Å². The molecule has 0 heterocycles. The van der Waals surface area contributed by atoms with E-state index in [2.05, 4.69) is 120 Å². The molecular weight excluding hydrogens is 391 g/mol. The van der Waals surface area contributed by atoms with Crippen molar-refractivity contribution >= 4 is 13.2 Å². The van der Waals surface area contributed by atoms with E-state index < -0.39 is 0 Å². The third-order valence-electron chi connectivity index (χ3n) is 6.20. The van der Waals surface area contributed by atoms with Crippen molar-refractivity contribution in [2.45, 2.75) is 118 Å². The molecule has 0 aliphatic heterocycles. The van der Waals surface area contributed by atoms with E-state index in [1.54, 1.807) is 5.30 Å². The quantitative estimate of drug-likeness (QED) is 0.407. The third kappa shape index (κ3) is 5.63. The molecule has 0 aliphatic rings. The van der Waals surface area contributed by atoms with Crippen LogP contribution < -0.4 is 5.30 Å². The van der Waals surface area contributed by atoms with Gasteiger partial charge in [-0.2, -0.15) is 0 Å². The number of rotatable bonds is 5. The summed E-state index contributed by atoms with van der Waals surface area (Å²) in [6.07, 6.45) is 0. The largest absolute Gasteiger partial charge is 0.0633 e. The average Bonchev–Trinajstić information content (AvgIpc) is 2.59. The lowest BCUT2D eigenvalue weighted by Gasteiger charge is -2.44. The maximum Gasteiger partial charge on any atom is -0.00982 e. The Morgan fingerprint density at radius 1 is 0.677 bits per heavy atom. The number of aryl methyl sites for hydroxylation is 1. The summed E-state index contributed by atoms with van der Waals surface area (Å²) in [6.45, 7) is 31.0.